The molecule has 4 rings (SSSR count). The van der Waals surface area contributed by atoms with Gasteiger partial charge in [0.1, 0.15) is 11.6 Å². The molecule has 32 heavy (non-hydrogen) atoms. The number of hydrogen-bond acceptors (Lipinski definition) is 6. The van der Waals surface area contributed by atoms with E-state index in [1.807, 2.05) is 36.1 Å². The third kappa shape index (κ3) is 4.74. The Hall–Kier alpha value is -3.42. The molecule has 1 aliphatic rings. The average Bonchev–Trinajstić information content (AvgIpc) is 3.33. The minimum atomic E-state index is -0.314. The molecular weight excluding hydrogens is 411 g/mol. The summed E-state index contributed by atoms with van der Waals surface area (Å²) >= 11 is 0. The van der Waals surface area contributed by atoms with E-state index in [0.717, 1.165) is 42.8 Å². The molecule has 0 bridgehead atoms. The SMILES string of the molecule is CCCN(C(=O)C1CCCN(c2nc(-c3ccc(OC)cc3)no2)C1)c1ccc(F)cc1. The smallest absolute Gasteiger partial charge is 0.324 e. The minimum Gasteiger partial charge on any atom is -0.497 e. The van der Waals surface area contributed by atoms with Gasteiger partial charge in [0.2, 0.25) is 11.7 Å². The van der Waals surface area contributed by atoms with Gasteiger partial charge >= 0.3 is 6.01 Å². The van der Waals surface area contributed by atoms with Crippen LogP contribution in [-0.4, -0.2) is 42.8 Å². The van der Waals surface area contributed by atoms with E-state index in [0.29, 0.717) is 24.9 Å². The van der Waals surface area contributed by atoms with Gasteiger partial charge in [-0.05, 0) is 67.8 Å². The fourth-order valence-corrected chi connectivity index (χ4v) is 3.99. The molecule has 0 spiro atoms. The predicted octanol–water partition coefficient (Wildman–Crippen LogP) is 4.54. The first kappa shape index (κ1) is 21.8. The molecule has 1 aromatic heterocycles. The summed E-state index contributed by atoms with van der Waals surface area (Å²) in [5, 5.41) is 4.11. The Labute approximate surface area is 186 Å². The molecule has 1 atom stereocenters. The quantitative estimate of drug-likeness (QED) is 0.539. The second-order valence-corrected chi connectivity index (χ2v) is 7.88. The Kier molecular flexibility index (Phi) is 6.68. The van der Waals surface area contributed by atoms with Gasteiger partial charge in [0, 0.05) is 30.9 Å². The number of rotatable bonds is 7. The monoisotopic (exact) mass is 438 g/mol. The highest BCUT2D eigenvalue weighted by molar-refractivity contribution is 5.95. The number of nitrogens with zero attached hydrogens (tertiary/aromatic N) is 4. The summed E-state index contributed by atoms with van der Waals surface area (Å²) in [6.07, 6.45) is 2.45. The van der Waals surface area contributed by atoms with Crippen LogP contribution in [0.4, 0.5) is 16.1 Å². The highest BCUT2D eigenvalue weighted by Crippen LogP contribution is 2.28. The summed E-state index contributed by atoms with van der Waals surface area (Å²) in [6, 6.07) is 13.9. The van der Waals surface area contributed by atoms with Crippen molar-refractivity contribution >= 4 is 17.6 Å². The third-order valence-electron chi connectivity index (χ3n) is 5.66. The number of ether oxygens (including phenoxy) is 1. The van der Waals surface area contributed by atoms with Crippen LogP contribution in [-0.2, 0) is 4.79 Å². The third-order valence-corrected chi connectivity index (χ3v) is 5.66. The Morgan fingerprint density at radius 1 is 1.22 bits per heavy atom. The number of anilines is 2. The van der Waals surface area contributed by atoms with Crippen LogP contribution in [0.2, 0.25) is 0 Å². The van der Waals surface area contributed by atoms with Crippen molar-refractivity contribution in [1.82, 2.24) is 10.1 Å². The van der Waals surface area contributed by atoms with Gasteiger partial charge in [-0.1, -0.05) is 12.1 Å². The molecule has 1 fully saturated rings. The lowest BCUT2D eigenvalue weighted by Crippen LogP contribution is -2.45. The van der Waals surface area contributed by atoms with Gasteiger partial charge in [-0.2, -0.15) is 4.98 Å². The number of hydrogen-bond donors (Lipinski definition) is 0. The first-order valence-electron chi connectivity index (χ1n) is 10.9. The highest BCUT2D eigenvalue weighted by atomic mass is 19.1. The molecule has 7 nitrogen and oxygen atoms in total. The average molecular weight is 439 g/mol. The van der Waals surface area contributed by atoms with Crippen LogP contribution in [0.25, 0.3) is 11.4 Å². The summed E-state index contributed by atoms with van der Waals surface area (Å²) in [4.78, 5) is 21.6. The number of piperidine rings is 1. The van der Waals surface area contributed by atoms with Crippen molar-refractivity contribution < 1.29 is 18.4 Å². The molecule has 8 heteroatoms. The molecule has 1 saturated heterocycles. The summed E-state index contributed by atoms with van der Waals surface area (Å²) in [7, 11) is 1.62. The first-order chi connectivity index (χ1) is 15.6. The minimum absolute atomic E-state index is 0.0399. The fraction of sp³-hybridized carbons (Fsp3) is 0.375. The molecule has 2 aromatic carbocycles. The molecular formula is C24H27FN4O3. The molecule has 168 valence electrons. The van der Waals surface area contributed by atoms with Crippen molar-refractivity contribution in [2.75, 3.05) is 36.5 Å². The maximum absolute atomic E-state index is 13.4. The van der Waals surface area contributed by atoms with E-state index in [4.69, 9.17) is 9.26 Å². The number of halogens is 1. The van der Waals surface area contributed by atoms with Gasteiger partial charge < -0.3 is 19.1 Å². The Morgan fingerprint density at radius 2 is 1.97 bits per heavy atom. The van der Waals surface area contributed by atoms with E-state index < -0.39 is 0 Å². The zero-order valence-corrected chi connectivity index (χ0v) is 18.3. The first-order valence-corrected chi connectivity index (χ1v) is 10.9. The lowest BCUT2D eigenvalue weighted by Gasteiger charge is -2.34. The topological polar surface area (TPSA) is 71.7 Å². The number of benzene rings is 2. The second-order valence-electron chi connectivity index (χ2n) is 7.88. The number of carbonyl (C=O) groups excluding carboxylic acids is 1. The van der Waals surface area contributed by atoms with E-state index in [9.17, 15) is 9.18 Å². The number of amides is 1. The van der Waals surface area contributed by atoms with Gasteiger partial charge in [-0.3, -0.25) is 4.79 Å². The summed E-state index contributed by atoms with van der Waals surface area (Å²) in [5.41, 5.74) is 1.55. The van der Waals surface area contributed by atoms with E-state index in [2.05, 4.69) is 10.1 Å². The van der Waals surface area contributed by atoms with Crippen molar-refractivity contribution in [3.05, 3.63) is 54.3 Å². The summed E-state index contributed by atoms with van der Waals surface area (Å²) in [5.74, 6) is 0.781. The van der Waals surface area contributed by atoms with Crippen LogP contribution in [0.15, 0.2) is 53.1 Å². The maximum Gasteiger partial charge on any atom is 0.324 e. The van der Waals surface area contributed by atoms with Crippen LogP contribution < -0.4 is 14.5 Å². The Bertz CT molecular complexity index is 1040. The zero-order valence-electron chi connectivity index (χ0n) is 18.3. The van der Waals surface area contributed by atoms with Crippen molar-refractivity contribution in [3.8, 4) is 17.1 Å². The van der Waals surface area contributed by atoms with Gasteiger partial charge in [-0.25, -0.2) is 4.39 Å². The van der Waals surface area contributed by atoms with Crippen LogP contribution in [0.5, 0.6) is 5.75 Å². The second kappa shape index (κ2) is 9.80. The highest BCUT2D eigenvalue weighted by Gasteiger charge is 2.32. The molecule has 1 unspecified atom stereocenters. The van der Waals surface area contributed by atoms with E-state index in [1.54, 1.807) is 24.1 Å². The van der Waals surface area contributed by atoms with E-state index in [1.165, 1.54) is 12.1 Å². The molecule has 1 aliphatic heterocycles. The van der Waals surface area contributed by atoms with Crippen molar-refractivity contribution in [1.29, 1.82) is 0 Å². The molecule has 1 amide bonds. The molecule has 3 aromatic rings. The summed E-state index contributed by atoms with van der Waals surface area (Å²) in [6.45, 7) is 3.86. The molecule has 0 aliphatic carbocycles. The van der Waals surface area contributed by atoms with Crippen LogP contribution in [0, 0.1) is 11.7 Å². The Morgan fingerprint density at radius 3 is 2.66 bits per heavy atom. The van der Waals surface area contributed by atoms with Gasteiger partial charge in [-0.15, -0.1) is 0 Å². The van der Waals surface area contributed by atoms with Crippen LogP contribution >= 0.6 is 0 Å². The predicted molar refractivity (Wildman–Crippen MR) is 120 cm³/mol. The normalized spacial score (nSPS) is 16.1. The van der Waals surface area contributed by atoms with Crippen molar-refractivity contribution in [2.24, 2.45) is 5.92 Å². The lowest BCUT2D eigenvalue weighted by molar-refractivity contribution is -0.122. The zero-order chi connectivity index (χ0) is 22.5. The van der Waals surface area contributed by atoms with Crippen LogP contribution in [0.1, 0.15) is 26.2 Å². The van der Waals surface area contributed by atoms with Gasteiger partial charge in [0.25, 0.3) is 0 Å². The van der Waals surface area contributed by atoms with Gasteiger partial charge in [0.15, 0.2) is 0 Å². The summed E-state index contributed by atoms with van der Waals surface area (Å²) < 4.78 is 24.1. The number of methoxy groups -OCH3 is 1. The van der Waals surface area contributed by atoms with E-state index in [-0.39, 0.29) is 17.6 Å². The number of aromatic nitrogens is 2. The largest absolute Gasteiger partial charge is 0.497 e. The fourth-order valence-electron chi connectivity index (χ4n) is 3.99. The standard InChI is InChI=1S/C24H27FN4O3/c1-3-14-29(20-10-8-19(25)9-11-20)23(30)18-5-4-15-28(16-18)24-26-22(27-32-24)17-6-12-21(31-2)13-7-17/h6-13,18H,3-5,14-16H2,1-2H3. The molecule has 0 saturated carbocycles. The number of carbonyl (C=O) groups is 1. The molecule has 0 N–H and O–H groups in total. The van der Waals surface area contributed by atoms with Crippen molar-refractivity contribution in [3.63, 3.8) is 0 Å². The van der Waals surface area contributed by atoms with Crippen molar-refractivity contribution in [2.45, 2.75) is 26.2 Å². The van der Waals surface area contributed by atoms with E-state index >= 15 is 0 Å². The van der Waals surface area contributed by atoms with Gasteiger partial charge in [0.05, 0.1) is 13.0 Å². The van der Waals surface area contributed by atoms with Crippen LogP contribution in [0.3, 0.4) is 0 Å². The molecule has 2 heterocycles. The Balaban J connectivity index is 1.48. The molecule has 0 radical (unpaired) electrons. The maximum atomic E-state index is 13.4. The lowest BCUT2D eigenvalue weighted by atomic mass is 9.96.